The Bertz CT molecular complexity index is 1540. The average molecular weight is 479 g/mol. The molecule has 0 atom stereocenters. The van der Waals surface area contributed by atoms with Crippen molar-refractivity contribution in [1.82, 2.24) is 34.7 Å². The molecule has 4 heterocycles. The van der Waals surface area contributed by atoms with Gasteiger partial charge in [-0.3, -0.25) is 4.79 Å². The maximum Gasteiger partial charge on any atom is 0.573 e. The first-order chi connectivity index (χ1) is 15.7. The van der Waals surface area contributed by atoms with Crippen LogP contribution in [0.4, 0.5) is 17.6 Å². The molecule has 1 N–H and O–H groups in total. The van der Waals surface area contributed by atoms with Gasteiger partial charge in [0.15, 0.2) is 17.2 Å². The van der Waals surface area contributed by atoms with Crippen molar-refractivity contribution in [1.29, 1.82) is 0 Å². The van der Waals surface area contributed by atoms with E-state index in [4.69, 9.17) is 0 Å². The number of benzene rings is 1. The Kier molecular flexibility index (Phi) is 4.88. The fourth-order valence-corrected chi connectivity index (χ4v) is 4.65. The van der Waals surface area contributed by atoms with E-state index in [1.54, 1.807) is 17.8 Å². The number of hydrogen-bond donors (Lipinski definition) is 1. The van der Waals surface area contributed by atoms with Crippen LogP contribution >= 0.6 is 11.3 Å². The Morgan fingerprint density at radius 3 is 2.79 bits per heavy atom. The zero-order valence-electron chi connectivity index (χ0n) is 16.7. The molecule has 0 radical (unpaired) electrons. The van der Waals surface area contributed by atoms with E-state index >= 15 is 0 Å². The molecule has 1 aromatic carbocycles. The van der Waals surface area contributed by atoms with Gasteiger partial charge in [-0.15, -0.1) is 24.5 Å². The van der Waals surface area contributed by atoms with Crippen LogP contribution in [0.3, 0.4) is 0 Å². The normalized spacial score (nSPS) is 12.2. The molecule has 0 fully saturated rings. The van der Waals surface area contributed by atoms with Crippen LogP contribution in [-0.4, -0.2) is 41.1 Å². The molecular weight excluding hydrogens is 466 g/mol. The van der Waals surface area contributed by atoms with Crippen molar-refractivity contribution in [3.63, 3.8) is 0 Å². The van der Waals surface area contributed by atoms with Crippen molar-refractivity contribution >= 4 is 32.6 Å². The highest BCUT2D eigenvalue weighted by molar-refractivity contribution is 7.19. The fourth-order valence-electron chi connectivity index (χ4n) is 3.53. The minimum atomic E-state index is -5.04. The van der Waals surface area contributed by atoms with Gasteiger partial charge in [-0.25, -0.2) is 14.1 Å². The van der Waals surface area contributed by atoms with Gasteiger partial charge in [0.2, 0.25) is 0 Å². The fraction of sp³-hybridized carbons (Fsp3) is 0.211. The number of aromatic nitrogens is 7. The van der Waals surface area contributed by atoms with E-state index in [9.17, 15) is 22.4 Å². The van der Waals surface area contributed by atoms with Gasteiger partial charge in [0.05, 0.1) is 29.3 Å². The van der Waals surface area contributed by atoms with Crippen LogP contribution in [0.5, 0.6) is 5.75 Å². The average Bonchev–Trinajstić information content (AvgIpc) is 3.45. The lowest BCUT2D eigenvalue weighted by Gasteiger charge is -2.12. The quantitative estimate of drug-likeness (QED) is 0.389. The molecule has 0 bridgehead atoms. The second-order valence-corrected chi connectivity index (χ2v) is 8.19. The van der Waals surface area contributed by atoms with Crippen LogP contribution in [0.2, 0.25) is 0 Å². The van der Waals surface area contributed by atoms with E-state index in [2.05, 4.69) is 30.2 Å². The smallest absolute Gasteiger partial charge is 0.403 e. The van der Waals surface area contributed by atoms with E-state index in [0.29, 0.717) is 23.0 Å². The molecule has 0 aliphatic rings. The minimum absolute atomic E-state index is 0.172. The van der Waals surface area contributed by atoms with Crippen LogP contribution in [-0.2, 0) is 20.0 Å². The van der Waals surface area contributed by atoms with E-state index < -0.39 is 23.5 Å². The van der Waals surface area contributed by atoms with Crippen LogP contribution in [0.15, 0.2) is 35.4 Å². The summed E-state index contributed by atoms with van der Waals surface area (Å²) in [5.74, 6) is -2.19. The van der Waals surface area contributed by atoms with Gasteiger partial charge in [0, 0.05) is 24.4 Å². The largest absolute Gasteiger partial charge is 0.573 e. The number of rotatable bonds is 5. The molecule has 5 rings (SSSR count). The SMILES string of the molecule is Cn1c2nc(Cc3cn[nH]n3)sc2c2cnn(Cc3cccc(OC(F)(F)F)c3F)c(=O)c21. The molecule has 9 nitrogen and oxygen atoms in total. The number of ether oxygens (including phenoxy) is 1. The van der Waals surface area contributed by atoms with Gasteiger partial charge >= 0.3 is 6.36 Å². The Hall–Kier alpha value is -3.81. The van der Waals surface area contributed by atoms with Crippen LogP contribution in [0.1, 0.15) is 16.3 Å². The Morgan fingerprint density at radius 2 is 2.06 bits per heavy atom. The first kappa shape index (κ1) is 21.1. The summed E-state index contributed by atoms with van der Waals surface area (Å²) in [5.41, 5.74) is 0.902. The molecule has 14 heteroatoms. The molecule has 0 aliphatic heterocycles. The lowest BCUT2D eigenvalue weighted by Crippen LogP contribution is -2.25. The van der Waals surface area contributed by atoms with E-state index in [1.165, 1.54) is 29.7 Å². The van der Waals surface area contributed by atoms with Crippen molar-refractivity contribution in [3.8, 4) is 5.75 Å². The summed E-state index contributed by atoms with van der Waals surface area (Å²) < 4.78 is 59.1. The predicted molar refractivity (Wildman–Crippen MR) is 110 cm³/mol. The van der Waals surface area contributed by atoms with Crippen molar-refractivity contribution in [2.75, 3.05) is 0 Å². The molecule has 33 heavy (non-hydrogen) atoms. The molecule has 0 saturated heterocycles. The minimum Gasteiger partial charge on any atom is -0.403 e. The number of halogens is 4. The van der Waals surface area contributed by atoms with Crippen molar-refractivity contribution in [3.05, 3.63) is 63.0 Å². The first-order valence-corrected chi connectivity index (χ1v) is 10.2. The van der Waals surface area contributed by atoms with Crippen LogP contribution in [0.25, 0.3) is 21.3 Å². The number of fused-ring (bicyclic) bond motifs is 3. The Labute approximate surface area is 185 Å². The summed E-state index contributed by atoms with van der Waals surface area (Å²) in [4.78, 5) is 17.7. The first-order valence-electron chi connectivity index (χ1n) is 9.43. The van der Waals surface area contributed by atoms with Gasteiger partial charge in [0.1, 0.15) is 10.5 Å². The number of aromatic amines is 1. The number of thiazole rings is 1. The molecule has 0 saturated carbocycles. The van der Waals surface area contributed by atoms with E-state index in [-0.39, 0.29) is 12.1 Å². The third kappa shape index (κ3) is 3.82. The number of alkyl halides is 3. The van der Waals surface area contributed by atoms with Gasteiger partial charge < -0.3 is 9.30 Å². The van der Waals surface area contributed by atoms with Gasteiger partial charge in [-0.1, -0.05) is 12.1 Å². The number of nitrogens with one attached hydrogen (secondary N) is 1. The zero-order chi connectivity index (χ0) is 23.3. The highest BCUT2D eigenvalue weighted by Gasteiger charge is 2.32. The lowest BCUT2D eigenvalue weighted by molar-refractivity contribution is -0.275. The monoisotopic (exact) mass is 479 g/mol. The molecule has 0 spiro atoms. The summed E-state index contributed by atoms with van der Waals surface area (Å²) >= 11 is 1.39. The maximum absolute atomic E-state index is 14.5. The highest BCUT2D eigenvalue weighted by atomic mass is 32.1. The molecular formula is C19H13F4N7O2S. The molecule has 170 valence electrons. The topological polar surface area (TPSA) is 104 Å². The second-order valence-electron chi connectivity index (χ2n) is 7.10. The van der Waals surface area contributed by atoms with E-state index in [1.807, 2.05) is 0 Å². The maximum atomic E-state index is 14.5. The zero-order valence-corrected chi connectivity index (χ0v) is 17.5. The van der Waals surface area contributed by atoms with Crippen LogP contribution in [0, 0.1) is 5.82 Å². The van der Waals surface area contributed by atoms with Crippen molar-refractivity contribution in [2.45, 2.75) is 19.3 Å². The van der Waals surface area contributed by atoms with Crippen molar-refractivity contribution in [2.24, 2.45) is 7.05 Å². The summed E-state index contributed by atoms with van der Waals surface area (Å²) in [5, 5.41) is 15.8. The molecule has 0 amide bonds. The number of nitrogens with zero attached hydrogens (tertiary/aromatic N) is 6. The Balaban J connectivity index is 1.52. The van der Waals surface area contributed by atoms with E-state index in [0.717, 1.165) is 26.1 Å². The van der Waals surface area contributed by atoms with Gasteiger partial charge in [-0.05, 0) is 6.07 Å². The number of aryl methyl sites for hydroxylation is 1. The Morgan fingerprint density at radius 1 is 1.24 bits per heavy atom. The second kappa shape index (κ2) is 7.65. The molecule has 0 aliphatic carbocycles. The van der Waals surface area contributed by atoms with Crippen LogP contribution < -0.4 is 10.3 Å². The van der Waals surface area contributed by atoms with Gasteiger partial charge in [-0.2, -0.15) is 20.5 Å². The summed E-state index contributed by atoms with van der Waals surface area (Å²) in [6.45, 7) is -0.376. The van der Waals surface area contributed by atoms with Crippen molar-refractivity contribution < 1.29 is 22.3 Å². The predicted octanol–water partition coefficient (Wildman–Crippen LogP) is 3.14. The third-order valence-electron chi connectivity index (χ3n) is 4.96. The lowest BCUT2D eigenvalue weighted by atomic mass is 10.2. The standard InChI is InChI=1S/C19H13F4N7O2S/c1-29-15-11(16-17(29)26-13(33-16)5-10-6-24-28-27-10)7-25-30(18(15)31)8-9-3-2-4-12(14(9)20)32-19(21,22)23/h2-4,6-7H,5,8H2,1H3,(H,24,27,28). The molecule has 5 aromatic rings. The number of H-pyrrole nitrogens is 1. The number of hydrogen-bond acceptors (Lipinski definition) is 7. The summed E-state index contributed by atoms with van der Waals surface area (Å²) in [6.07, 6.45) is -1.51. The van der Waals surface area contributed by atoms with Gasteiger partial charge in [0.25, 0.3) is 5.56 Å². The molecule has 4 aromatic heterocycles. The summed E-state index contributed by atoms with van der Waals surface area (Å²) in [6, 6.07) is 3.33. The highest BCUT2D eigenvalue weighted by Crippen LogP contribution is 2.32. The summed E-state index contributed by atoms with van der Waals surface area (Å²) in [7, 11) is 1.67. The molecule has 0 unspecified atom stereocenters. The third-order valence-corrected chi connectivity index (χ3v) is 6.03.